The van der Waals surface area contributed by atoms with Crippen molar-refractivity contribution in [2.75, 3.05) is 33.9 Å². The number of esters is 1. The number of nitrogens with one attached hydrogen (secondary N) is 1. The molecule has 29 heavy (non-hydrogen) atoms. The van der Waals surface area contributed by atoms with E-state index < -0.39 is 18.5 Å². The lowest BCUT2D eigenvalue weighted by Gasteiger charge is -2.17. The molecule has 160 valence electrons. The third kappa shape index (κ3) is 7.12. The molecule has 9 heteroatoms. The van der Waals surface area contributed by atoms with Crippen molar-refractivity contribution in [3.63, 3.8) is 0 Å². The number of hydrogen-bond acceptors (Lipinski definition) is 6. The van der Waals surface area contributed by atoms with Gasteiger partial charge in [0.25, 0.3) is 5.91 Å². The highest BCUT2D eigenvalue weighted by Gasteiger charge is 2.25. The quantitative estimate of drug-likeness (QED) is 0.577. The van der Waals surface area contributed by atoms with Crippen LogP contribution in [-0.4, -0.2) is 62.6 Å². The lowest BCUT2D eigenvalue weighted by atomic mass is 10.2. The molecule has 0 saturated heterocycles. The first kappa shape index (κ1) is 22.8. The highest BCUT2D eigenvalue weighted by molar-refractivity contribution is 6.32. The second kappa shape index (κ2) is 10.3. The van der Waals surface area contributed by atoms with Gasteiger partial charge in [-0.15, -0.1) is 0 Å². The first-order valence-corrected chi connectivity index (χ1v) is 9.79. The fourth-order valence-corrected chi connectivity index (χ4v) is 2.62. The summed E-state index contributed by atoms with van der Waals surface area (Å²) < 4.78 is 16.0. The van der Waals surface area contributed by atoms with E-state index in [2.05, 4.69) is 5.32 Å². The van der Waals surface area contributed by atoms with E-state index in [4.69, 9.17) is 25.8 Å². The summed E-state index contributed by atoms with van der Waals surface area (Å²) >= 11 is 6.23. The second-order valence-electron chi connectivity index (χ2n) is 7.36. The Kier molecular flexibility index (Phi) is 8.13. The van der Waals surface area contributed by atoms with Crippen molar-refractivity contribution in [1.82, 2.24) is 10.2 Å². The highest BCUT2D eigenvalue weighted by atomic mass is 35.5. The lowest BCUT2D eigenvalue weighted by molar-refractivity contribution is -0.137. The van der Waals surface area contributed by atoms with E-state index in [1.165, 1.54) is 31.2 Å². The first-order chi connectivity index (χ1) is 13.7. The molecule has 1 aromatic carbocycles. The normalized spacial score (nSPS) is 13.0. The summed E-state index contributed by atoms with van der Waals surface area (Å²) in [6, 6.07) is 3.07. The summed E-state index contributed by atoms with van der Waals surface area (Å²) in [7, 11) is 2.91. The van der Waals surface area contributed by atoms with E-state index in [0.717, 1.165) is 12.8 Å². The molecular weight excluding hydrogens is 400 g/mol. The van der Waals surface area contributed by atoms with E-state index in [1.54, 1.807) is 0 Å². The van der Waals surface area contributed by atoms with Crippen LogP contribution in [0, 0.1) is 5.92 Å². The zero-order valence-corrected chi connectivity index (χ0v) is 17.9. The number of carbonyl (C=O) groups excluding carboxylic acids is 3. The Morgan fingerprint density at radius 1 is 1.28 bits per heavy atom. The van der Waals surface area contributed by atoms with Crippen LogP contribution in [0.2, 0.25) is 5.02 Å². The predicted molar refractivity (Wildman–Crippen MR) is 107 cm³/mol. The molecule has 2 amide bonds. The van der Waals surface area contributed by atoms with Crippen LogP contribution in [0.25, 0.3) is 0 Å². The third-order valence-corrected chi connectivity index (χ3v) is 4.38. The number of amides is 2. The van der Waals surface area contributed by atoms with Crippen LogP contribution in [0.1, 0.15) is 37.0 Å². The Labute approximate surface area is 175 Å². The van der Waals surface area contributed by atoms with E-state index in [9.17, 15) is 14.4 Å². The van der Waals surface area contributed by atoms with Gasteiger partial charge >= 0.3 is 5.97 Å². The number of rotatable bonds is 10. The SMILES string of the molecule is COc1cc(C(=O)OCC(=O)N(C)CC(=O)NC2CC2)cc(Cl)c1OCC(C)C. The Morgan fingerprint density at radius 3 is 2.55 bits per heavy atom. The van der Waals surface area contributed by atoms with Crippen molar-refractivity contribution in [2.24, 2.45) is 5.92 Å². The van der Waals surface area contributed by atoms with Gasteiger partial charge in [-0.3, -0.25) is 9.59 Å². The Hall–Kier alpha value is -2.48. The van der Waals surface area contributed by atoms with Gasteiger partial charge in [0.05, 0.1) is 30.8 Å². The molecule has 0 spiro atoms. The van der Waals surface area contributed by atoms with Crippen molar-refractivity contribution in [3.05, 3.63) is 22.7 Å². The van der Waals surface area contributed by atoms with Gasteiger partial charge in [-0.1, -0.05) is 25.4 Å². The molecule has 2 rings (SSSR count). The smallest absolute Gasteiger partial charge is 0.338 e. The molecule has 1 aromatic rings. The van der Waals surface area contributed by atoms with Gasteiger partial charge in [0.2, 0.25) is 5.91 Å². The molecule has 0 unspecified atom stereocenters. The van der Waals surface area contributed by atoms with Crippen molar-refractivity contribution in [3.8, 4) is 11.5 Å². The summed E-state index contributed by atoms with van der Waals surface area (Å²) in [6.07, 6.45) is 1.93. The van der Waals surface area contributed by atoms with Gasteiger partial charge in [-0.2, -0.15) is 0 Å². The summed E-state index contributed by atoms with van der Waals surface area (Å²) in [5, 5.41) is 3.00. The fourth-order valence-electron chi connectivity index (χ4n) is 2.35. The number of methoxy groups -OCH3 is 1. The van der Waals surface area contributed by atoms with Crippen molar-refractivity contribution >= 4 is 29.4 Å². The Morgan fingerprint density at radius 2 is 1.97 bits per heavy atom. The minimum atomic E-state index is -0.732. The van der Waals surface area contributed by atoms with E-state index in [1.807, 2.05) is 13.8 Å². The fraction of sp³-hybridized carbons (Fsp3) is 0.550. The number of likely N-dealkylation sites (N-methyl/N-ethyl adjacent to an activating group) is 1. The van der Waals surface area contributed by atoms with Crippen LogP contribution in [0.4, 0.5) is 0 Å². The van der Waals surface area contributed by atoms with Gasteiger partial charge in [-0.25, -0.2) is 4.79 Å². The number of hydrogen-bond donors (Lipinski definition) is 1. The molecule has 0 atom stereocenters. The number of halogens is 1. The first-order valence-electron chi connectivity index (χ1n) is 9.42. The molecule has 0 bridgehead atoms. The van der Waals surface area contributed by atoms with Crippen LogP contribution in [0.5, 0.6) is 11.5 Å². The predicted octanol–water partition coefficient (Wildman–Crippen LogP) is 2.28. The molecule has 1 aliphatic rings. The van der Waals surface area contributed by atoms with Gasteiger partial charge in [0.1, 0.15) is 0 Å². The molecule has 0 heterocycles. The maximum absolute atomic E-state index is 12.3. The van der Waals surface area contributed by atoms with Crippen molar-refractivity contribution in [2.45, 2.75) is 32.7 Å². The molecular formula is C20H27ClN2O6. The number of ether oxygens (including phenoxy) is 3. The summed E-state index contributed by atoms with van der Waals surface area (Å²) in [5.74, 6) is -0.524. The molecule has 0 aromatic heterocycles. The highest BCUT2D eigenvalue weighted by Crippen LogP contribution is 2.36. The topological polar surface area (TPSA) is 94.2 Å². The molecule has 1 aliphatic carbocycles. The maximum Gasteiger partial charge on any atom is 0.338 e. The minimum absolute atomic E-state index is 0.0889. The Balaban J connectivity index is 1.92. The van der Waals surface area contributed by atoms with Gasteiger partial charge in [0.15, 0.2) is 18.1 Å². The molecule has 1 fully saturated rings. The molecule has 1 saturated carbocycles. The van der Waals surface area contributed by atoms with Crippen LogP contribution >= 0.6 is 11.6 Å². The van der Waals surface area contributed by atoms with Crippen LogP contribution in [-0.2, 0) is 14.3 Å². The minimum Gasteiger partial charge on any atom is -0.493 e. The van der Waals surface area contributed by atoms with E-state index >= 15 is 0 Å². The number of carbonyl (C=O) groups is 3. The van der Waals surface area contributed by atoms with E-state index in [0.29, 0.717) is 18.1 Å². The van der Waals surface area contributed by atoms with Crippen molar-refractivity contribution in [1.29, 1.82) is 0 Å². The summed E-state index contributed by atoms with van der Waals surface area (Å²) in [4.78, 5) is 37.4. The van der Waals surface area contributed by atoms with Crippen LogP contribution in [0.3, 0.4) is 0 Å². The van der Waals surface area contributed by atoms with Gasteiger partial charge in [-0.05, 0) is 30.9 Å². The van der Waals surface area contributed by atoms with E-state index in [-0.39, 0.29) is 35.0 Å². The average molecular weight is 427 g/mol. The average Bonchev–Trinajstić information content (AvgIpc) is 3.47. The molecule has 1 N–H and O–H groups in total. The molecule has 0 aliphatic heterocycles. The zero-order valence-electron chi connectivity index (χ0n) is 17.1. The zero-order chi connectivity index (χ0) is 21.6. The Bertz CT molecular complexity index is 764. The summed E-state index contributed by atoms with van der Waals surface area (Å²) in [6.45, 7) is 3.85. The van der Waals surface area contributed by atoms with Crippen LogP contribution < -0.4 is 14.8 Å². The number of benzene rings is 1. The second-order valence-corrected chi connectivity index (χ2v) is 7.77. The largest absolute Gasteiger partial charge is 0.493 e. The van der Waals surface area contributed by atoms with Gasteiger partial charge < -0.3 is 24.4 Å². The molecule has 0 radical (unpaired) electrons. The monoisotopic (exact) mass is 426 g/mol. The van der Waals surface area contributed by atoms with Gasteiger partial charge in [0, 0.05) is 13.1 Å². The maximum atomic E-state index is 12.3. The standard InChI is InChI=1S/C20H27ClN2O6/c1-12(2)10-28-19-15(21)7-13(8-16(19)27-4)20(26)29-11-18(25)23(3)9-17(24)22-14-5-6-14/h7-8,12,14H,5-6,9-11H2,1-4H3,(H,22,24). The van der Waals surface area contributed by atoms with Crippen molar-refractivity contribution < 1.29 is 28.6 Å². The van der Waals surface area contributed by atoms with Crippen LogP contribution in [0.15, 0.2) is 12.1 Å². The number of nitrogens with zero attached hydrogens (tertiary/aromatic N) is 1. The summed E-state index contributed by atoms with van der Waals surface area (Å²) in [5.41, 5.74) is 0.130. The third-order valence-electron chi connectivity index (χ3n) is 4.10. The molecule has 8 nitrogen and oxygen atoms in total. The lowest BCUT2D eigenvalue weighted by Crippen LogP contribution is -2.40.